The van der Waals surface area contributed by atoms with Gasteiger partial charge >= 0.3 is 0 Å². The maximum Gasteiger partial charge on any atom is -0.0380 e. The molecule has 0 aromatic carbocycles. The van der Waals surface area contributed by atoms with Crippen LogP contribution < -0.4 is 0 Å². The van der Waals surface area contributed by atoms with Gasteiger partial charge in [-0.15, -0.1) is 0 Å². The van der Waals surface area contributed by atoms with E-state index in [1.807, 2.05) is 0 Å². The Bertz CT molecular complexity index is 96.2. The summed E-state index contributed by atoms with van der Waals surface area (Å²) in [6.45, 7) is 2.40. The first kappa shape index (κ1) is 4.84. The van der Waals surface area contributed by atoms with Crippen LogP contribution in [0.5, 0.6) is 0 Å². The molecule has 3 atom stereocenters. The van der Waals surface area contributed by atoms with Crippen molar-refractivity contribution < 1.29 is 0 Å². The summed E-state index contributed by atoms with van der Waals surface area (Å²) in [7, 11) is 0. The third kappa shape index (κ3) is 0.667. The molecule has 0 aromatic rings. The molecule has 0 nitrogen and oxygen atoms in total. The van der Waals surface area contributed by atoms with Gasteiger partial charge in [-0.3, -0.25) is 0 Å². The summed E-state index contributed by atoms with van der Waals surface area (Å²) in [5, 5.41) is 0. The quantitative estimate of drug-likeness (QED) is 0.449. The second-order valence-corrected chi connectivity index (χ2v) is 3.67. The van der Waals surface area contributed by atoms with Gasteiger partial charge in [0.25, 0.3) is 0 Å². The van der Waals surface area contributed by atoms with Crippen molar-refractivity contribution in [3.05, 3.63) is 0 Å². The number of fused-ring (bicyclic) bond motifs is 1. The van der Waals surface area contributed by atoms with Gasteiger partial charge in [0, 0.05) is 0 Å². The average molecular weight is 110 g/mol. The average Bonchev–Trinajstić information content (AvgIpc) is 2.43. The Morgan fingerprint density at radius 2 is 1.88 bits per heavy atom. The van der Waals surface area contributed by atoms with Gasteiger partial charge < -0.3 is 0 Å². The lowest BCUT2D eigenvalue weighted by Gasteiger charge is -2.15. The van der Waals surface area contributed by atoms with Crippen LogP contribution >= 0.6 is 0 Å². The molecule has 0 aliphatic heterocycles. The van der Waals surface area contributed by atoms with E-state index >= 15 is 0 Å². The van der Waals surface area contributed by atoms with E-state index in [9.17, 15) is 0 Å². The third-order valence-electron chi connectivity index (χ3n) is 2.80. The Balaban J connectivity index is 1.93. The van der Waals surface area contributed by atoms with Crippen molar-refractivity contribution in [1.82, 2.24) is 0 Å². The third-order valence-corrected chi connectivity index (χ3v) is 2.80. The highest BCUT2D eigenvalue weighted by molar-refractivity contribution is 4.91. The summed E-state index contributed by atoms with van der Waals surface area (Å²) in [5.74, 6) is 3.42. The first-order chi connectivity index (χ1) is 3.86. The van der Waals surface area contributed by atoms with Gasteiger partial charge in [-0.25, -0.2) is 0 Å². The van der Waals surface area contributed by atoms with E-state index in [-0.39, 0.29) is 0 Å². The van der Waals surface area contributed by atoms with Crippen molar-refractivity contribution in [2.24, 2.45) is 17.8 Å². The maximum atomic E-state index is 2.40. The SMILES string of the molecule is CC1CC[C@@H]2CC2C1. The predicted molar refractivity (Wildman–Crippen MR) is 34.6 cm³/mol. The lowest BCUT2D eigenvalue weighted by Crippen LogP contribution is -2.03. The van der Waals surface area contributed by atoms with E-state index in [4.69, 9.17) is 0 Å². The van der Waals surface area contributed by atoms with Gasteiger partial charge in [-0.1, -0.05) is 13.3 Å². The first-order valence-corrected chi connectivity index (χ1v) is 3.86. The highest BCUT2D eigenvalue weighted by Crippen LogP contribution is 2.51. The molecule has 0 heteroatoms. The minimum Gasteiger partial charge on any atom is -0.0625 e. The molecule has 0 N–H and O–H groups in total. The van der Waals surface area contributed by atoms with E-state index < -0.39 is 0 Å². The smallest absolute Gasteiger partial charge is 0.0380 e. The normalized spacial score (nSPS) is 52.9. The molecule has 2 fully saturated rings. The van der Waals surface area contributed by atoms with Gasteiger partial charge in [0.2, 0.25) is 0 Å². The minimum atomic E-state index is 1.05. The Kier molecular flexibility index (Phi) is 0.902. The van der Waals surface area contributed by atoms with Gasteiger partial charge in [0.1, 0.15) is 0 Å². The van der Waals surface area contributed by atoms with Crippen molar-refractivity contribution in [2.45, 2.75) is 32.6 Å². The molecule has 8 heavy (non-hydrogen) atoms. The molecule has 0 heterocycles. The molecule has 2 unspecified atom stereocenters. The van der Waals surface area contributed by atoms with E-state index in [1.54, 1.807) is 19.3 Å². The molecule has 0 bridgehead atoms. The fraction of sp³-hybridized carbons (Fsp3) is 1.00. The molecule has 0 aromatic heterocycles. The number of hydrogen-bond donors (Lipinski definition) is 0. The van der Waals surface area contributed by atoms with Crippen molar-refractivity contribution in [3.8, 4) is 0 Å². The van der Waals surface area contributed by atoms with E-state index in [2.05, 4.69) is 6.92 Å². The second kappa shape index (κ2) is 1.49. The molecular weight excluding hydrogens is 96.1 g/mol. The Labute approximate surface area is 51.3 Å². The van der Waals surface area contributed by atoms with Gasteiger partial charge in [-0.2, -0.15) is 0 Å². The minimum absolute atomic E-state index is 1.05. The predicted octanol–water partition coefficient (Wildman–Crippen LogP) is 2.44. The molecule has 46 valence electrons. The highest BCUT2D eigenvalue weighted by atomic mass is 14.5. The fourth-order valence-electron chi connectivity index (χ4n) is 2.09. The summed E-state index contributed by atoms with van der Waals surface area (Å²) in [6.07, 6.45) is 6.18. The number of rotatable bonds is 0. The van der Waals surface area contributed by atoms with Gasteiger partial charge in [0.15, 0.2) is 0 Å². The molecule has 0 saturated heterocycles. The maximum absolute atomic E-state index is 2.40. The zero-order valence-electron chi connectivity index (χ0n) is 5.56. The zero-order chi connectivity index (χ0) is 5.56. The highest BCUT2D eigenvalue weighted by Gasteiger charge is 2.40. The summed E-state index contributed by atoms with van der Waals surface area (Å²) >= 11 is 0. The molecule has 2 saturated carbocycles. The molecule has 0 radical (unpaired) electrons. The van der Waals surface area contributed by atoms with Crippen LogP contribution in [-0.4, -0.2) is 0 Å². The zero-order valence-corrected chi connectivity index (χ0v) is 5.56. The van der Waals surface area contributed by atoms with Crippen molar-refractivity contribution in [1.29, 1.82) is 0 Å². The second-order valence-electron chi connectivity index (χ2n) is 3.67. The van der Waals surface area contributed by atoms with E-state index in [0.29, 0.717) is 0 Å². The van der Waals surface area contributed by atoms with Crippen LogP contribution in [0.2, 0.25) is 0 Å². The fourth-order valence-corrected chi connectivity index (χ4v) is 2.09. The lowest BCUT2D eigenvalue weighted by atomic mass is 9.91. The molecule has 2 rings (SSSR count). The summed E-state index contributed by atoms with van der Waals surface area (Å²) in [4.78, 5) is 0. The van der Waals surface area contributed by atoms with Crippen LogP contribution in [0, 0.1) is 17.8 Å². The van der Waals surface area contributed by atoms with Gasteiger partial charge in [0.05, 0.1) is 0 Å². The van der Waals surface area contributed by atoms with Crippen LogP contribution in [0.4, 0.5) is 0 Å². The van der Waals surface area contributed by atoms with Crippen LogP contribution in [0.25, 0.3) is 0 Å². The van der Waals surface area contributed by atoms with Crippen LogP contribution in [-0.2, 0) is 0 Å². The summed E-state index contributed by atoms with van der Waals surface area (Å²) in [6, 6.07) is 0. The lowest BCUT2D eigenvalue weighted by molar-refractivity contribution is 0.368. The van der Waals surface area contributed by atoms with Crippen LogP contribution in [0.1, 0.15) is 32.6 Å². The largest absolute Gasteiger partial charge is 0.0625 e. The molecule has 2 aliphatic carbocycles. The first-order valence-electron chi connectivity index (χ1n) is 3.86. The standard InChI is InChI=1S/C8H14/c1-6-2-3-7-5-8(7)4-6/h6-8H,2-5H2,1H3/t6?,7-,8?/m1/s1. The topological polar surface area (TPSA) is 0 Å². The Morgan fingerprint density at radius 3 is 2.50 bits per heavy atom. The Hall–Kier alpha value is 0. The van der Waals surface area contributed by atoms with Gasteiger partial charge in [-0.05, 0) is 37.0 Å². The Morgan fingerprint density at radius 1 is 1.00 bits per heavy atom. The van der Waals surface area contributed by atoms with E-state index in [0.717, 1.165) is 5.92 Å². The molecule has 0 amide bonds. The van der Waals surface area contributed by atoms with E-state index in [1.165, 1.54) is 18.3 Å². The van der Waals surface area contributed by atoms with Crippen LogP contribution in [0.15, 0.2) is 0 Å². The molecule has 2 aliphatic rings. The summed E-state index contributed by atoms with van der Waals surface area (Å²) in [5.41, 5.74) is 0. The number of hydrogen-bond acceptors (Lipinski definition) is 0. The van der Waals surface area contributed by atoms with Crippen molar-refractivity contribution in [2.75, 3.05) is 0 Å². The van der Waals surface area contributed by atoms with Crippen LogP contribution in [0.3, 0.4) is 0 Å². The monoisotopic (exact) mass is 110 g/mol. The molecule has 0 spiro atoms. The van der Waals surface area contributed by atoms with Crippen molar-refractivity contribution >= 4 is 0 Å². The van der Waals surface area contributed by atoms with Crippen molar-refractivity contribution in [3.63, 3.8) is 0 Å². The summed E-state index contributed by atoms with van der Waals surface area (Å²) < 4.78 is 0. The molecular formula is C8H14.